The Morgan fingerprint density at radius 2 is 1.93 bits per heavy atom. The number of ketones is 1. The first kappa shape index (κ1) is 12.0. The molecule has 0 saturated heterocycles. The van der Waals surface area contributed by atoms with Gasteiger partial charge >= 0.3 is 6.18 Å². The number of carbonyl (C=O) groups excluding carboxylic acids is 1. The Hall–Kier alpha value is -1.04. The Kier molecular flexibility index (Phi) is 3.08. The van der Waals surface area contributed by atoms with Crippen LogP contribution in [0.15, 0.2) is 16.6 Å². The Bertz CT molecular complexity index is 413. The highest BCUT2D eigenvalue weighted by Gasteiger charge is 2.38. The number of hydrogen-bond acceptors (Lipinski definition) is 2. The molecule has 6 heteroatoms. The van der Waals surface area contributed by atoms with E-state index < -0.39 is 28.8 Å². The van der Waals surface area contributed by atoms with E-state index in [1.54, 1.807) is 0 Å². The second-order valence-electron chi connectivity index (χ2n) is 2.87. The molecule has 0 aliphatic heterocycles. The van der Waals surface area contributed by atoms with Crippen LogP contribution in [0.1, 0.15) is 22.8 Å². The van der Waals surface area contributed by atoms with E-state index in [-0.39, 0.29) is 4.47 Å². The Morgan fingerprint density at radius 3 is 2.33 bits per heavy atom. The van der Waals surface area contributed by atoms with Crippen LogP contribution in [0.5, 0.6) is 5.75 Å². The molecule has 0 spiro atoms. The van der Waals surface area contributed by atoms with Crippen molar-refractivity contribution in [2.45, 2.75) is 13.1 Å². The SMILES string of the molecule is CC(=O)c1ccc(Br)c(O)c1C(F)(F)F. The lowest BCUT2D eigenvalue weighted by molar-refractivity contribution is -0.139. The Balaban J connectivity index is 3.57. The van der Waals surface area contributed by atoms with Crippen LogP contribution in [0, 0.1) is 0 Å². The molecule has 0 saturated carbocycles. The molecular formula is C9H6BrF3O2. The van der Waals surface area contributed by atoms with Gasteiger partial charge in [-0.3, -0.25) is 4.79 Å². The summed E-state index contributed by atoms with van der Waals surface area (Å²) in [5.74, 6) is -1.71. The monoisotopic (exact) mass is 282 g/mol. The van der Waals surface area contributed by atoms with Gasteiger partial charge in [-0.15, -0.1) is 0 Å². The van der Waals surface area contributed by atoms with Gasteiger partial charge < -0.3 is 5.11 Å². The highest BCUT2D eigenvalue weighted by Crippen LogP contribution is 2.41. The molecular weight excluding hydrogens is 277 g/mol. The minimum Gasteiger partial charge on any atom is -0.506 e. The summed E-state index contributed by atoms with van der Waals surface area (Å²) in [6.07, 6.45) is -4.76. The molecule has 0 atom stereocenters. The van der Waals surface area contributed by atoms with Gasteiger partial charge in [-0.25, -0.2) is 0 Å². The van der Waals surface area contributed by atoms with E-state index in [1.807, 2.05) is 0 Å². The number of halogens is 4. The fraction of sp³-hybridized carbons (Fsp3) is 0.222. The van der Waals surface area contributed by atoms with E-state index in [4.69, 9.17) is 0 Å². The lowest BCUT2D eigenvalue weighted by atomic mass is 10.0. The summed E-state index contributed by atoms with van der Waals surface area (Å²) in [7, 11) is 0. The van der Waals surface area contributed by atoms with Gasteiger partial charge in [0, 0.05) is 5.56 Å². The van der Waals surface area contributed by atoms with Crippen LogP contribution in [-0.2, 0) is 6.18 Å². The normalized spacial score (nSPS) is 11.5. The van der Waals surface area contributed by atoms with Gasteiger partial charge in [0.1, 0.15) is 11.3 Å². The lowest BCUT2D eigenvalue weighted by Gasteiger charge is -2.13. The highest BCUT2D eigenvalue weighted by molar-refractivity contribution is 9.10. The summed E-state index contributed by atoms with van der Waals surface area (Å²) < 4.78 is 37.5. The number of benzene rings is 1. The molecule has 0 aliphatic rings. The van der Waals surface area contributed by atoms with E-state index in [9.17, 15) is 23.1 Å². The molecule has 2 nitrogen and oxygen atoms in total. The molecule has 1 aromatic carbocycles. The van der Waals surface area contributed by atoms with E-state index in [2.05, 4.69) is 15.9 Å². The van der Waals surface area contributed by atoms with Crippen LogP contribution in [0.2, 0.25) is 0 Å². The van der Waals surface area contributed by atoms with E-state index >= 15 is 0 Å². The first-order valence-electron chi connectivity index (χ1n) is 3.84. The molecule has 15 heavy (non-hydrogen) atoms. The van der Waals surface area contributed by atoms with Crippen molar-refractivity contribution in [3.05, 3.63) is 27.7 Å². The molecule has 0 aliphatic carbocycles. The predicted molar refractivity (Wildman–Crippen MR) is 50.8 cm³/mol. The van der Waals surface area contributed by atoms with Crippen LogP contribution in [0.4, 0.5) is 13.2 Å². The minimum absolute atomic E-state index is 0.0974. The van der Waals surface area contributed by atoms with Gasteiger partial charge in [0.25, 0.3) is 0 Å². The number of alkyl halides is 3. The third kappa shape index (κ3) is 2.31. The smallest absolute Gasteiger partial charge is 0.420 e. The summed E-state index contributed by atoms with van der Waals surface area (Å²) >= 11 is 2.76. The molecule has 0 aromatic heterocycles. The number of phenols is 1. The van der Waals surface area contributed by atoms with Gasteiger partial charge in [-0.05, 0) is 35.0 Å². The van der Waals surface area contributed by atoms with Crippen molar-refractivity contribution in [3.8, 4) is 5.75 Å². The van der Waals surface area contributed by atoms with Gasteiger partial charge in [-0.1, -0.05) is 0 Å². The molecule has 0 unspecified atom stereocenters. The van der Waals surface area contributed by atoms with Crippen LogP contribution >= 0.6 is 15.9 Å². The van der Waals surface area contributed by atoms with Crippen molar-refractivity contribution >= 4 is 21.7 Å². The quantitative estimate of drug-likeness (QED) is 0.802. The molecule has 0 amide bonds. The van der Waals surface area contributed by atoms with Crippen molar-refractivity contribution in [2.24, 2.45) is 0 Å². The average Bonchev–Trinajstić information content (AvgIpc) is 2.06. The maximum absolute atomic E-state index is 12.5. The number of rotatable bonds is 1. The maximum Gasteiger partial charge on any atom is 0.420 e. The maximum atomic E-state index is 12.5. The Morgan fingerprint density at radius 1 is 1.40 bits per heavy atom. The van der Waals surface area contributed by atoms with Crippen molar-refractivity contribution in [1.29, 1.82) is 0 Å². The second-order valence-corrected chi connectivity index (χ2v) is 3.73. The highest BCUT2D eigenvalue weighted by atomic mass is 79.9. The first-order chi connectivity index (χ1) is 6.75. The number of phenolic OH excluding ortho intramolecular Hbond substituents is 1. The van der Waals surface area contributed by atoms with Gasteiger partial charge in [0.2, 0.25) is 0 Å². The number of aromatic hydroxyl groups is 1. The molecule has 0 radical (unpaired) electrons. The van der Waals surface area contributed by atoms with Gasteiger partial charge in [0.05, 0.1) is 4.47 Å². The second kappa shape index (κ2) is 3.84. The fourth-order valence-electron chi connectivity index (χ4n) is 1.15. The molecule has 0 bridgehead atoms. The van der Waals surface area contributed by atoms with Crippen molar-refractivity contribution < 1.29 is 23.1 Å². The van der Waals surface area contributed by atoms with E-state index in [0.29, 0.717) is 0 Å². The molecule has 0 fully saturated rings. The Labute approximate surface area is 91.8 Å². The minimum atomic E-state index is -4.76. The third-order valence-electron chi connectivity index (χ3n) is 1.79. The zero-order chi connectivity index (χ0) is 11.8. The van der Waals surface area contributed by atoms with E-state index in [0.717, 1.165) is 13.0 Å². The van der Waals surface area contributed by atoms with Crippen LogP contribution < -0.4 is 0 Å². The summed E-state index contributed by atoms with van der Waals surface area (Å²) in [5, 5.41) is 9.24. The standard InChI is InChI=1S/C9H6BrF3O2/c1-4(14)5-2-3-6(10)8(15)7(5)9(11,12)13/h2-3,15H,1H3. The van der Waals surface area contributed by atoms with Crippen molar-refractivity contribution in [2.75, 3.05) is 0 Å². The van der Waals surface area contributed by atoms with Gasteiger partial charge in [-0.2, -0.15) is 13.2 Å². The molecule has 1 N–H and O–H groups in total. The number of hydrogen-bond donors (Lipinski definition) is 1. The number of Topliss-reactive ketones (excluding diaryl/α,β-unsaturated/α-hetero) is 1. The molecule has 1 aromatic rings. The lowest BCUT2D eigenvalue weighted by Crippen LogP contribution is -2.12. The molecule has 1 rings (SSSR count). The zero-order valence-electron chi connectivity index (χ0n) is 7.52. The van der Waals surface area contributed by atoms with Gasteiger partial charge in [0.15, 0.2) is 5.78 Å². The first-order valence-corrected chi connectivity index (χ1v) is 4.64. The summed E-state index contributed by atoms with van der Waals surface area (Å²) in [4.78, 5) is 10.9. The zero-order valence-corrected chi connectivity index (χ0v) is 9.11. The van der Waals surface area contributed by atoms with Crippen LogP contribution in [0.25, 0.3) is 0 Å². The van der Waals surface area contributed by atoms with Crippen LogP contribution in [-0.4, -0.2) is 10.9 Å². The molecule has 0 heterocycles. The topological polar surface area (TPSA) is 37.3 Å². The summed E-state index contributed by atoms with van der Waals surface area (Å²) in [6.45, 7) is 1.01. The largest absolute Gasteiger partial charge is 0.506 e. The van der Waals surface area contributed by atoms with Crippen molar-refractivity contribution in [1.82, 2.24) is 0 Å². The molecule has 82 valence electrons. The fourth-order valence-corrected chi connectivity index (χ4v) is 1.48. The third-order valence-corrected chi connectivity index (χ3v) is 2.43. The predicted octanol–water partition coefficient (Wildman–Crippen LogP) is 3.38. The van der Waals surface area contributed by atoms with E-state index in [1.165, 1.54) is 6.07 Å². The van der Waals surface area contributed by atoms with Crippen LogP contribution in [0.3, 0.4) is 0 Å². The van der Waals surface area contributed by atoms with Crippen molar-refractivity contribution in [3.63, 3.8) is 0 Å². The summed E-state index contributed by atoms with van der Waals surface area (Å²) in [6, 6.07) is 2.22. The average molecular weight is 283 g/mol. The summed E-state index contributed by atoms with van der Waals surface area (Å²) in [5.41, 5.74) is -1.84. The number of carbonyl (C=O) groups is 1.